The molecule has 5 saturated heterocycles. The molecule has 0 saturated carbocycles. The Morgan fingerprint density at radius 3 is 1.43 bits per heavy atom. The molecule has 688 valence electrons. The van der Waals surface area contributed by atoms with Gasteiger partial charge in [0.2, 0.25) is 70.9 Å². The molecule has 0 aliphatic carbocycles. The topological polar surface area (TPSA) is 798 Å². The molecule has 51 nitrogen and oxygen atoms in total. The van der Waals surface area contributed by atoms with Gasteiger partial charge in [-0.25, -0.2) is 4.79 Å². The van der Waals surface area contributed by atoms with Crippen molar-refractivity contribution in [2.45, 2.75) is 303 Å². The van der Waals surface area contributed by atoms with Gasteiger partial charge in [-0.1, -0.05) is 0 Å². The fraction of sp³-hybridized carbons (Fsp3) is 0.732. The maximum absolute atomic E-state index is 14.6. The minimum Gasteiger partial charge on any atom is -0.550 e. The number of aliphatic hydroxyl groups is 7. The van der Waals surface area contributed by atoms with E-state index in [-0.39, 0.29) is 12.1 Å². The predicted molar refractivity (Wildman–Crippen MR) is 389 cm³/mol. The van der Waals surface area contributed by atoms with Gasteiger partial charge in [-0.3, -0.25) is 57.5 Å². The Morgan fingerprint density at radius 1 is 0.484 bits per heavy atom. The molecule has 6 aliphatic rings. The molecule has 29 atom stereocenters. The van der Waals surface area contributed by atoms with Gasteiger partial charge in [0.25, 0.3) is 0 Å². The van der Waals surface area contributed by atoms with E-state index in [0.29, 0.717) is 0 Å². The molecule has 6 aliphatic heterocycles. The number of aliphatic hydroxyl groups excluding tert-OH is 7. The molecule has 0 aromatic carbocycles. The first-order valence-corrected chi connectivity index (χ1v) is 38.6. The highest BCUT2D eigenvalue weighted by atomic mass is 16.8. The Kier molecular flexibility index (Phi) is 40.4. The highest BCUT2D eigenvalue weighted by Crippen LogP contribution is 2.37. The summed E-state index contributed by atoms with van der Waals surface area (Å²) in [5, 5.41) is 164. The number of carbonyl (C=O) groups excluding carboxylic acids is 16. The van der Waals surface area contributed by atoms with Gasteiger partial charge in [0, 0.05) is 45.7 Å². The van der Waals surface area contributed by atoms with Crippen LogP contribution < -0.4 is 90.0 Å². The molecule has 6 heterocycles. The standard InChI is InChI=1S/C71H111N13O38/c1-25-59(101)81-37(17-19-46(95)96)65(107)84-39(68(112)113)15-11-14-38(67(110)111)83-60(102)27(3)75-63(105)35(13-10-12-34(72)66(108)109)82-64(106)36(16-18-45(93)94)80-58(100)26(2)74-62(104)29(5)116-57-49(79-33(9)92)71(119-44(23-88)56(57)122-69-47(77-31(7)90)51(98)50(97)41(20-85)117-69)120-54-43(22-87)118-70(48(52(54)99)78-32(8)91)121-55-42(21-86)114-24-40(76-30(6)89)53(55)115-28(4)61(103)73-25/h24-29,34-39,41-44,47-57,69-71,85-88,97-99H,10-23,72H2,1-9H3,(H,73,103)(H,74,104)(H,75,105)(H,76,89)(H,77,90)(H,78,91)(H,79,92)(H,80,100)(H,81,101)(H,82,106)(H,83,102)(H,84,107)(H,93,94)(H,95,96)(H,108,109)(H,110,111)(H,112,113)/p-4. The summed E-state index contributed by atoms with van der Waals surface area (Å²) in [6, 6.07) is -22.5. The van der Waals surface area contributed by atoms with Crippen LogP contribution in [0.4, 0.5) is 0 Å². The van der Waals surface area contributed by atoms with Crippen LogP contribution >= 0.6 is 0 Å². The molecule has 22 N–H and O–H groups in total. The van der Waals surface area contributed by atoms with Crippen molar-refractivity contribution in [2.24, 2.45) is 5.73 Å². The first-order chi connectivity index (χ1) is 57.2. The van der Waals surface area contributed by atoms with Crippen molar-refractivity contribution in [1.29, 1.82) is 0 Å². The van der Waals surface area contributed by atoms with Crippen LogP contribution in [0.1, 0.15) is 127 Å². The zero-order valence-electron chi connectivity index (χ0n) is 67.6. The third-order valence-electron chi connectivity index (χ3n) is 19.8. The maximum atomic E-state index is 14.6. The van der Waals surface area contributed by atoms with Crippen molar-refractivity contribution in [3.05, 3.63) is 12.0 Å². The van der Waals surface area contributed by atoms with Crippen molar-refractivity contribution in [3.8, 4) is 0 Å². The van der Waals surface area contributed by atoms with E-state index in [2.05, 4.69) is 63.8 Å². The van der Waals surface area contributed by atoms with E-state index >= 15 is 0 Å². The van der Waals surface area contributed by atoms with Crippen molar-refractivity contribution >= 4 is 101 Å². The van der Waals surface area contributed by atoms with E-state index in [9.17, 15) is 143 Å². The van der Waals surface area contributed by atoms with Crippen molar-refractivity contribution in [3.63, 3.8) is 0 Å². The summed E-state index contributed by atoms with van der Waals surface area (Å²) < 4.78 is 55.8. The van der Waals surface area contributed by atoms with Gasteiger partial charge in [-0.15, -0.1) is 0 Å². The second kappa shape index (κ2) is 48.1. The van der Waals surface area contributed by atoms with E-state index in [0.717, 1.165) is 68.6 Å². The number of nitrogens with one attached hydrogen (secondary N) is 12. The predicted octanol–water partition coefficient (Wildman–Crippen LogP) is -16.9. The van der Waals surface area contributed by atoms with Gasteiger partial charge >= 0.3 is 5.97 Å². The molecule has 12 amide bonds. The third-order valence-corrected chi connectivity index (χ3v) is 19.8. The lowest BCUT2D eigenvalue weighted by Crippen LogP contribution is -2.72. The molecule has 0 aromatic rings. The van der Waals surface area contributed by atoms with Gasteiger partial charge in [0.05, 0.1) is 50.1 Å². The Balaban J connectivity index is 1.68. The second-order valence-corrected chi connectivity index (χ2v) is 29.4. The first kappa shape index (κ1) is 102. The van der Waals surface area contributed by atoms with Crippen LogP contribution in [0.15, 0.2) is 12.0 Å². The van der Waals surface area contributed by atoms with Crippen LogP contribution in [0.3, 0.4) is 0 Å². The van der Waals surface area contributed by atoms with Gasteiger partial charge < -0.3 is 193 Å². The lowest BCUT2D eigenvalue weighted by molar-refractivity contribution is -0.361. The van der Waals surface area contributed by atoms with E-state index in [4.69, 9.17) is 48.4 Å². The van der Waals surface area contributed by atoms with Crippen LogP contribution in [0.25, 0.3) is 0 Å². The van der Waals surface area contributed by atoms with Crippen molar-refractivity contribution in [1.82, 2.24) is 63.8 Å². The third kappa shape index (κ3) is 29.9. The lowest BCUT2D eigenvalue weighted by Gasteiger charge is -2.51. The van der Waals surface area contributed by atoms with E-state index < -0.39 is 362 Å². The van der Waals surface area contributed by atoms with Crippen LogP contribution in [0.5, 0.6) is 0 Å². The van der Waals surface area contributed by atoms with E-state index in [1.54, 1.807) is 0 Å². The second-order valence-electron chi connectivity index (χ2n) is 29.4. The smallest absolute Gasteiger partial charge is 0.326 e. The molecule has 51 heteroatoms. The van der Waals surface area contributed by atoms with E-state index in [1.165, 1.54) is 0 Å². The van der Waals surface area contributed by atoms with Crippen LogP contribution in [-0.4, -0.2) is 345 Å². The van der Waals surface area contributed by atoms with E-state index in [1.807, 2.05) is 0 Å². The molecule has 0 spiro atoms. The summed E-state index contributed by atoms with van der Waals surface area (Å²) in [7, 11) is 0. The number of rotatable bonds is 23. The van der Waals surface area contributed by atoms with Crippen LogP contribution in [0, 0.1) is 0 Å². The summed E-state index contributed by atoms with van der Waals surface area (Å²) in [4.78, 5) is 225. The molecule has 29 unspecified atom stereocenters. The average molecular weight is 1750 g/mol. The number of amides is 12. The minimum absolute atomic E-state index is 0.334. The maximum Gasteiger partial charge on any atom is 0.326 e. The molecule has 5 fully saturated rings. The largest absolute Gasteiger partial charge is 0.550 e. The lowest BCUT2D eigenvalue weighted by atomic mass is 9.93. The summed E-state index contributed by atoms with van der Waals surface area (Å²) >= 11 is 0. The highest BCUT2D eigenvalue weighted by molar-refractivity contribution is 5.97. The van der Waals surface area contributed by atoms with Crippen LogP contribution in [-0.2, 0) is 124 Å². The fourth-order valence-electron chi connectivity index (χ4n) is 13.3. The average Bonchev–Trinajstić information content (AvgIpc) is 0.766. The number of fused-ring (bicyclic) bond motifs is 32. The molecule has 6 rings (SSSR count). The SMILES string of the molecule is CC(=O)NC1=COC(CO)C2OC3OC(CO)C(OC4OC(CO)C(OC5OC(CO)C(O)C(O)C5NC(C)=O)C(OC(C)C(=O)NC(C)C(=O)NC(CCC(=O)[O-])C(=O)NC(CCCC(N)C(=O)[O-])C(=O)NC(C)C(=O)NC(C(=O)[O-])CCCC(C(=O)O)NC(=O)C(CCC(=O)[O-])NC(=O)C(C)NC(=O)C(C)OC12)C4NC(C)=O)C(O)C3NC(C)=O. The number of nitrogens with two attached hydrogens (primary N) is 1. The molecular formula is C71H107N13O38-4. The Morgan fingerprint density at radius 2 is 0.926 bits per heavy atom. The number of hydrogen-bond donors (Lipinski definition) is 21. The number of carboxylic acids is 5. The quantitative estimate of drug-likeness (QED) is 0.0422. The van der Waals surface area contributed by atoms with Crippen molar-refractivity contribution < 1.29 is 185 Å². The molecule has 0 aromatic heterocycles. The molecular weight excluding hydrogens is 1640 g/mol. The number of ether oxygens (including phenoxy) is 9. The summed E-state index contributed by atoms with van der Waals surface area (Å²) in [5.41, 5.74) is 5.27. The Hall–Kier alpha value is -10.1. The summed E-state index contributed by atoms with van der Waals surface area (Å²) in [6.45, 7) is 4.62. The first-order valence-electron chi connectivity index (χ1n) is 38.6. The molecule has 0 radical (unpaired) electrons. The number of carbonyl (C=O) groups is 17. The number of hydrogen-bond acceptors (Lipinski definition) is 38. The summed E-state index contributed by atoms with van der Waals surface area (Å²) in [5.74, 6) is -23.0. The van der Waals surface area contributed by atoms with Crippen molar-refractivity contribution in [2.75, 3.05) is 26.4 Å². The zero-order chi connectivity index (χ0) is 91.6. The van der Waals surface area contributed by atoms with Gasteiger partial charge in [0.15, 0.2) is 18.9 Å². The minimum atomic E-state index is -2.26. The van der Waals surface area contributed by atoms with Gasteiger partial charge in [-0.05, 0) is 98.8 Å². The molecule has 122 heavy (non-hydrogen) atoms. The number of carboxylic acid groups (broad SMARTS) is 5. The zero-order valence-corrected chi connectivity index (χ0v) is 67.6. The number of aliphatic carboxylic acids is 5. The Bertz CT molecular complexity index is 3730. The summed E-state index contributed by atoms with van der Waals surface area (Å²) in [6.07, 6.45) is -39.3. The van der Waals surface area contributed by atoms with Gasteiger partial charge in [0.1, 0.15) is 152 Å². The normalized spacial score (nSPS) is 34.7. The highest BCUT2D eigenvalue weighted by Gasteiger charge is 2.57. The fourth-order valence-corrected chi connectivity index (χ4v) is 13.3. The van der Waals surface area contributed by atoms with Gasteiger partial charge in [-0.2, -0.15) is 0 Å². The monoisotopic (exact) mass is 1750 g/mol. The Labute approximate surface area is 695 Å². The van der Waals surface area contributed by atoms with Crippen LogP contribution in [0.2, 0.25) is 0 Å². The molecule has 4 bridgehead atoms.